The maximum Gasteiger partial charge on any atom is 0.344 e. The second-order valence-corrected chi connectivity index (χ2v) is 14.1. The van der Waals surface area contributed by atoms with Crippen molar-refractivity contribution in [3.8, 4) is 11.5 Å². The van der Waals surface area contributed by atoms with Gasteiger partial charge >= 0.3 is 16.2 Å². The number of benzene rings is 1. The zero-order valence-electron chi connectivity index (χ0n) is 14.7. The average Bonchev–Trinajstić information content (AvgIpc) is 2.76. The van der Waals surface area contributed by atoms with Crippen LogP contribution in [-0.4, -0.2) is 45.9 Å². The molecule has 0 spiro atoms. The summed E-state index contributed by atoms with van der Waals surface area (Å²) in [4.78, 5) is 11.7. The van der Waals surface area contributed by atoms with Gasteiger partial charge in [0.1, 0.15) is 17.2 Å². The fraction of sp³-hybridized carbons (Fsp3) is 0.400. The van der Waals surface area contributed by atoms with Crippen LogP contribution in [-0.2, 0) is 19.7 Å². The molecule has 0 amide bonds. The quantitative estimate of drug-likeness (QED) is 0.468. The number of rotatable bonds is 7. The number of carbonyl (C=O) groups excluding carboxylic acids is 1. The lowest BCUT2D eigenvalue weighted by Crippen LogP contribution is -2.29. The van der Waals surface area contributed by atoms with Gasteiger partial charge in [-0.05, 0) is 18.2 Å². The molecule has 144 valence electrons. The van der Waals surface area contributed by atoms with Crippen LogP contribution in [0.2, 0.25) is 25.7 Å². The van der Waals surface area contributed by atoms with E-state index in [1.54, 1.807) is 0 Å². The SMILES string of the molecule is C[Si](C)(C)CCOC(=O)COc1ccc(N2C=C(O)NS2(=O)=O)c(O)c1. The van der Waals surface area contributed by atoms with Crippen LogP contribution < -0.4 is 13.8 Å². The van der Waals surface area contributed by atoms with E-state index in [1.165, 1.54) is 18.2 Å². The van der Waals surface area contributed by atoms with Crippen LogP contribution in [0.15, 0.2) is 30.3 Å². The summed E-state index contributed by atoms with van der Waals surface area (Å²) in [5, 5.41) is 19.3. The molecule has 26 heavy (non-hydrogen) atoms. The van der Waals surface area contributed by atoms with Gasteiger partial charge in [0.05, 0.1) is 12.8 Å². The molecular weight excluding hydrogens is 380 g/mol. The molecule has 2 rings (SSSR count). The molecule has 0 aromatic heterocycles. The number of phenolic OH excluding ortho intramolecular Hbond substituents is 1. The summed E-state index contributed by atoms with van der Waals surface area (Å²) in [5.41, 5.74) is -0.0772. The Bertz CT molecular complexity index is 818. The lowest BCUT2D eigenvalue weighted by molar-refractivity contribution is -0.145. The topological polar surface area (TPSA) is 125 Å². The van der Waals surface area contributed by atoms with Crippen LogP contribution in [0.25, 0.3) is 0 Å². The van der Waals surface area contributed by atoms with Gasteiger partial charge in [-0.1, -0.05) is 19.6 Å². The Morgan fingerprint density at radius 2 is 1.96 bits per heavy atom. The van der Waals surface area contributed by atoms with Gasteiger partial charge in [-0.15, -0.1) is 0 Å². The van der Waals surface area contributed by atoms with Crippen molar-refractivity contribution in [3.63, 3.8) is 0 Å². The molecule has 0 saturated carbocycles. The Morgan fingerprint density at radius 1 is 1.27 bits per heavy atom. The Kier molecular flexibility index (Phi) is 5.71. The molecule has 1 aliphatic rings. The highest BCUT2D eigenvalue weighted by molar-refractivity contribution is 7.91. The summed E-state index contributed by atoms with van der Waals surface area (Å²) in [7, 11) is -5.29. The first-order valence-electron chi connectivity index (χ1n) is 7.82. The maximum atomic E-state index is 11.8. The molecule has 1 aromatic carbocycles. The summed E-state index contributed by atoms with van der Waals surface area (Å²) < 4.78 is 36.5. The fourth-order valence-corrected chi connectivity index (χ4v) is 3.80. The van der Waals surface area contributed by atoms with Crippen molar-refractivity contribution in [1.29, 1.82) is 0 Å². The molecule has 11 heteroatoms. The molecule has 1 aromatic rings. The summed E-state index contributed by atoms with van der Waals surface area (Å²) >= 11 is 0. The van der Waals surface area contributed by atoms with Crippen molar-refractivity contribution in [3.05, 3.63) is 30.3 Å². The van der Waals surface area contributed by atoms with E-state index < -0.39 is 35.9 Å². The van der Waals surface area contributed by atoms with E-state index in [-0.39, 0.29) is 18.0 Å². The van der Waals surface area contributed by atoms with E-state index in [9.17, 15) is 23.4 Å². The lowest BCUT2D eigenvalue weighted by Gasteiger charge is -2.16. The summed E-state index contributed by atoms with van der Waals surface area (Å²) in [6.45, 7) is 6.54. The number of nitrogens with one attached hydrogen (secondary N) is 1. The third-order valence-corrected chi connectivity index (χ3v) is 6.38. The van der Waals surface area contributed by atoms with Crippen LogP contribution in [0.4, 0.5) is 5.69 Å². The fourth-order valence-electron chi connectivity index (χ4n) is 2.02. The number of aliphatic hydroxyl groups is 1. The minimum absolute atomic E-state index is 0.0772. The highest BCUT2D eigenvalue weighted by Gasteiger charge is 2.30. The second kappa shape index (κ2) is 7.46. The number of carbonyl (C=O) groups is 1. The van der Waals surface area contributed by atoms with Gasteiger partial charge < -0.3 is 19.7 Å². The van der Waals surface area contributed by atoms with Gasteiger partial charge in [0.15, 0.2) is 6.61 Å². The summed E-state index contributed by atoms with van der Waals surface area (Å²) in [6, 6.07) is 4.70. The predicted octanol–water partition coefficient (Wildman–Crippen LogP) is 1.66. The molecule has 0 bridgehead atoms. The number of hydrogen-bond acceptors (Lipinski definition) is 7. The van der Waals surface area contributed by atoms with Crippen LogP contribution in [0, 0.1) is 0 Å². The monoisotopic (exact) mass is 402 g/mol. The first-order valence-corrected chi connectivity index (χ1v) is 13.0. The smallest absolute Gasteiger partial charge is 0.344 e. The number of nitrogens with zero attached hydrogens (tertiary/aromatic N) is 1. The molecule has 0 saturated heterocycles. The lowest BCUT2D eigenvalue weighted by atomic mass is 10.2. The van der Waals surface area contributed by atoms with Crippen molar-refractivity contribution in [2.24, 2.45) is 0 Å². The zero-order valence-corrected chi connectivity index (χ0v) is 16.5. The van der Waals surface area contributed by atoms with Crippen molar-refractivity contribution in [2.45, 2.75) is 25.7 Å². The average molecular weight is 403 g/mol. The summed E-state index contributed by atoms with van der Waals surface area (Å²) in [6.07, 6.45) is 0.917. The van der Waals surface area contributed by atoms with Crippen LogP contribution >= 0.6 is 0 Å². The third kappa shape index (κ3) is 5.30. The van der Waals surface area contributed by atoms with E-state index in [1.807, 2.05) is 4.72 Å². The van der Waals surface area contributed by atoms with E-state index in [0.717, 1.165) is 12.2 Å². The molecule has 0 aliphatic carbocycles. The van der Waals surface area contributed by atoms with E-state index >= 15 is 0 Å². The highest BCUT2D eigenvalue weighted by Crippen LogP contribution is 2.34. The molecule has 9 nitrogen and oxygen atoms in total. The Labute approximate surface area is 153 Å². The van der Waals surface area contributed by atoms with Crippen LogP contribution in [0.1, 0.15) is 0 Å². The Hall–Kier alpha value is -2.40. The molecule has 1 aliphatic heterocycles. The van der Waals surface area contributed by atoms with Gasteiger partial charge in [-0.2, -0.15) is 8.42 Å². The number of aliphatic hydroxyl groups excluding tert-OH is 1. The molecule has 0 radical (unpaired) electrons. The van der Waals surface area contributed by atoms with Crippen LogP contribution in [0.5, 0.6) is 11.5 Å². The highest BCUT2D eigenvalue weighted by atomic mass is 32.2. The number of aromatic hydroxyl groups is 1. The zero-order chi connectivity index (χ0) is 19.5. The van der Waals surface area contributed by atoms with E-state index in [0.29, 0.717) is 10.9 Å². The van der Waals surface area contributed by atoms with E-state index in [4.69, 9.17) is 9.47 Å². The minimum atomic E-state index is -4.00. The van der Waals surface area contributed by atoms with Gasteiger partial charge in [-0.25, -0.2) is 13.8 Å². The maximum absolute atomic E-state index is 11.8. The van der Waals surface area contributed by atoms with Gasteiger partial charge in [0.2, 0.25) is 5.88 Å². The predicted molar refractivity (Wildman–Crippen MR) is 98.0 cm³/mol. The van der Waals surface area contributed by atoms with Gasteiger partial charge in [-0.3, -0.25) is 0 Å². The van der Waals surface area contributed by atoms with Crippen LogP contribution in [0.3, 0.4) is 0 Å². The van der Waals surface area contributed by atoms with Crippen molar-refractivity contribution < 1.29 is 32.9 Å². The van der Waals surface area contributed by atoms with Gasteiger partial charge in [0, 0.05) is 14.1 Å². The standard InChI is InChI=1S/C15H22N2O7SSi/c1-26(2,3)7-6-23-15(20)10-24-11-4-5-12(13(18)8-11)17-9-14(19)16-25(17,21)22/h4-5,8-9,16,18-19H,6-7,10H2,1-3H3. The van der Waals surface area contributed by atoms with Crippen molar-refractivity contribution >= 4 is 29.9 Å². The number of phenols is 1. The number of anilines is 1. The minimum Gasteiger partial charge on any atom is -0.506 e. The Morgan fingerprint density at radius 3 is 2.50 bits per heavy atom. The normalized spacial score (nSPS) is 16.0. The van der Waals surface area contributed by atoms with Gasteiger partial charge in [0.25, 0.3) is 0 Å². The number of ether oxygens (including phenoxy) is 2. The first-order chi connectivity index (χ1) is 12.0. The summed E-state index contributed by atoms with van der Waals surface area (Å²) in [5.74, 6) is -1.31. The van der Waals surface area contributed by atoms with Crippen molar-refractivity contribution in [2.75, 3.05) is 17.5 Å². The number of hydrogen-bond donors (Lipinski definition) is 3. The number of esters is 1. The molecule has 0 fully saturated rings. The molecule has 3 N–H and O–H groups in total. The second-order valence-electron chi connectivity index (χ2n) is 6.89. The largest absolute Gasteiger partial charge is 0.506 e. The molecular formula is C15H22N2O7SSi. The third-order valence-electron chi connectivity index (χ3n) is 3.39. The molecule has 1 heterocycles. The first kappa shape index (κ1) is 19.9. The van der Waals surface area contributed by atoms with E-state index in [2.05, 4.69) is 19.6 Å². The Balaban J connectivity index is 1.95. The molecule has 0 atom stereocenters. The molecule has 0 unspecified atom stereocenters. The van der Waals surface area contributed by atoms with Crippen molar-refractivity contribution in [1.82, 2.24) is 4.72 Å².